The Morgan fingerprint density at radius 2 is 1.97 bits per heavy atom. The van der Waals surface area contributed by atoms with E-state index >= 15 is 0 Å². The van der Waals surface area contributed by atoms with Crippen LogP contribution in [0.4, 0.5) is 0 Å². The van der Waals surface area contributed by atoms with Crippen molar-refractivity contribution >= 4 is 5.78 Å². The molecule has 2 saturated heterocycles. The fourth-order valence-corrected chi connectivity index (χ4v) is 4.84. The van der Waals surface area contributed by atoms with E-state index in [9.17, 15) is 9.90 Å². The van der Waals surface area contributed by atoms with Crippen LogP contribution in [0.2, 0.25) is 0 Å². The molecule has 4 rings (SSSR count). The second kappa shape index (κ2) is 8.78. The van der Waals surface area contributed by atoms with Crippen LogP contribution in [0.3, 0.4) is 0 Å². The summed E-state index contributed by atoms with van der Waals surface area (Å²) in [7, 11) is 0. The Bertz CT molecular complexity index is 1140. The fourth-order valence-electron chi connectivity index (χ4n) is 4.84. The summed E-state index contributed by atoms with van der Waals surface area (Å²) in [4.78, 5) is 15.4. The average Bonchev–Trinajstić information content (AvgIpc) is 3.41. The number of carbonyl (C=O) groups excluding carboxylic acids is 1. The van der Waals surface area contributed by atoms with Crippen LogP contribution in [0.5, 0.6) is 0 Å². The van der Waals surface area contributed by atoms with Crippen LogP contribution in [0.1, 0.15) is 59.4 Å². The summed E-state index contributed by atoms with van der Waals surface area (Å²) in [5, 5.41) is 28.0. The number of Topliss-reactive ketones (excluding diaryl/α,β-unsaturated/α-hetero) is 1. The maximum atomic E-state index is 13.2. The molecule has 1 aromatic heterocycles. The summed E-state index contributed by atoms with van der Waals surface area (Å²) in [6, 6.07) is 13.6. The van der Waals surface area contributed by atoms with Gasteiger partial charge < -0.3 is 9.67 Å². The summed E-state index contributed by atoms with van der Waals surface area (Å²) in [6.45, 7) is 2.20. The van der Waals surface area contributed by atoms with E-state index in [0.29, 0.717) is 36.2 Å². The zero-order valence-electron chi connectivity index (χ0n) is 17.5. The lowest BCUT2D eigenvalue weighted by atomic mass is 9.98. The third-order valence-corrected chi connectivity index (χ3v) is 6.35. The largest absolute Gasteiger partial charge is 0.391 e. The Labute approximate surface area is 182 Å². The van der Waals surface area contributed by atoms with Gasteiger partial charge in [0, 0.05) is 41.9 Å². The molecule has 3 atom stereocenters. The summed E-state index contributed by atoms with van der Waals surface area (Å²) in [5.74, 6) is 6.15. The topological polar surface area (TPSA) is 93.1 Å². The van der Waals surface area contributed by atoms with Crippen LogP contribution >= 0.6 is 0 Å². The van der Waals surface area contributed by atoms with Crippen LogP contribution in [0.25, 0.3) is 5.69 Å². The molecule has 2 bridgehead atoms. The number of ketones is 1. The molecule has 2 unspecified atom stereocenters. The highest BCUT2D eigenvalue weighted by atomic mass is 16.3. The highest BCUT2D eigenvalue weighted by Gasteiger charge is 2.46. The molecule has 156 valence electrons. The molecule has 2 fully saturated rings. The maximum absolute atomic E-state index is 13.2. The molecule has 0 aliphatic carbocycles. The second-order valence-corrected chi connectivity index (χ2v) is 8.18. The molecular weight excluding hydrogens is 388 g/mol. The number of aliphatic hydroxyl groups excluding tert-OH is 1. The number of aliphatic hydroxyl groups is 1. The minimum atomic E-state index is -0.336. The van der Waals surface area contributed by atoms with Gasteiger partial charge in [0.05, 0.1) is 36.0 Å². The number of carbonyl (C=O) groups is 1. The molecular formula is C25H24N4O2. The van der Waals surface area contributed by atoms with E-state index in [-0.39, 0.29) is 24.0 Å². The van der Waals surface area contributed by atoms with Crippen molar-refractivity contribution in [1.82, 2.24) is 9.47 Å². The molecule has 0 spiro atoms. The van der Waals surface area contributed by atoms with Gasteiger partial charge >= 0.3 is 0 Å². The number of hydrogen-bond donors (Lipinski definition) is 1. The van der Waals surface area contributed by atoms with Gasteiger partial charge in [-0.2, -0.15) is 10.5 Å². The first-order valence-electron chi connectivity index (χ1n) is 10.6. The van der Waals surface area contributed by atoms with E-state index in [0.717, 1.165) is 30.6 Å². The zero-order valence-corrected chi connectivity index (χ0v) is 17.5. The van der Waals surface area contributed by atoms with Gasteiger partial charge in [0.15, 0.2) is 5.78 Å². The van der Waals surface area contributed by atoms with Gasteiger partial charge in [-0.05, 0) is 62.4 Å². The summed E-state index contributed by atoms with van der Waals surface area (Å²) in [5.41, 5.74) is 3.50. The lowest BCUT2D eigenvalue weighted by Crippen LogP contribution is -2.36. The molecule has 1 N–H and O–H groups in total. The van der Waals surface area contributed by atoms with Crippen molar-refractivity contribution in [3.63, 3.8) is 0 Å². The van der Waals surface area contributed by atoms with E-state index in [1.165, 1.54) is 0 Å². The van der Waals surface area contributed by atoms with Gasteiger partial charge in [0.2, 0.25) is 0 Å². The Morgan fingerprint density at radius 1 is 1.19 bits per heavy atom. The third-order valence-electron chi connectivity index (χ3n) is 6.35. The van der Waals surface area contributed by atoms with Crippen LogP contribution in [-0.4, -0.2) is 45.1 Å². The third kappa shape index (κ3) is 3.99. The molecule has 0 saturated carbocycles. The van der Waals surface area contributed by atoms with Gasteiger partial charge in [0.1, 0.15) is 0 Å². The van der Waals surface area contributed by atoms with Crippen molar-refractivity contribution in [1.29, 1.82) is 10.5 Å². The van der Waals surface area contributed by atoms with E-state index in [2.05, 4.69) is 28.9 Å². The predicted molar refractivity (Wildman–Crippen MR) is 115 cm³/mol. The van der Waals surface area contributed by atoms with Crippen molar-refractivity contribution in [2.24, 2.45) is 0 Å². The summed E-state index contributed by atoms with van der Waals surface area (Å²) >= 11 is 0. The Balaban J connectivity index is 1.67. The number of nitriles is 2. The first-order valence-corrected chi connectivity index (χ1v) is 10.6. The zero-order chi connectivity index (χ0) is 22.0. The number of fused-ring (bicyclic) bond motifs is 2. The Kier molecular flexibility index (Phi) is 5.92. The van der Waals surface area contributed by atoms with Crippen molar-refractivity contribution < 1.29 is 9.90 Å². The quantitative estimate of drug-likeness (QED) is 0.463. The van der Waals surface area contributed by atoms with Gasteiger partial charge in [-0.3, -0.25) is 9.69 Å². The van der Waals surface area contributed by atoms with Crippen molar-refractivity contribution in [3.05, 3.63) is 52.8 Å². The predicted octanol–water partition coefficient (Wildman–Crippen LogP) is 3.09. The second-order valence-electron chi connectivity index (χ2n) is 8.18. The summed E-state index contributed by atoms with van der Waals surface area (Å²) < 4.78 is 1.93. The molecule has 2 aliphatic heterocycles. The lowest BCUT2D eigenvalue weighted by Gasteiger charge is -2.21. The van der Waals surface area contributed by atoms with Crippen molar-refractivity contribution in [2.75, 3.05) is 6.54 Å². The Hall–Kier alpha value is -3.37. The minimum absolute atomic E-state index is 0.0240. The molecule has 0 amide bonds. The van der Waals surface area contributed by atoms with Crippen LogP contribution in [-0.2, 0) is 0 Å². The summed E-state index contributed by atoms with van der Waals surface area (Å²) in [6.07, 6.45) is 3.22. The smallest absolute Gasteiger partial charge is 0.178 e. The van der Waals surface area contributed by atoms with Gasteiger partial charge in [0.25, 0.3) is 0 Å². The fraction of sp³-hybridized carbons (Fsp3) is 0.400. The van der Waals surface area contributed by atoms with Crippen LogP contribution in [0.15, 0.2) is 30.3 Å². The maximum Gasteiger partial charge on any atom is 0.178 e. The van der Waals surface area contributed by atoms with Crippen LogP contribution in [0, 0.1) is 41.4 Å². The number of unbranched alkanes of at least 4 members (excludes halogenated alkanes) is 1. The van der Waals surface area contributed by atoms with E-state index in [1.807, 2.05) is 29.7 Å². The molecule has 2 aromatic rings. The Morgan fingerprint density at radius 3 is 2.58 bits per heavy atom. The molecule has 31 heavy (non-hydrogen) atoms. The first-order chi connectivity index (χ1) is 15.0. The number of rotatable bonds is 5. The number of hydrogen-bond acceptors (Lipinski definition) is 5. The number of nitrogens with zero attached hydrogens (tertiary/aromatic N) is 4. The highest BCUT2D eigenvalue weighted by molar-refractivity contribution is 5.99. The molecule has 3 heterocycles. The van der Waals surface area contributed by atoms with Crippen molar-refractivity contribution in [2.45, 2.75) is 57.2 Å². The van der Waals surface area contributed by atoms with Gasteiger partial charge in [-0.1, -0.05) is 5.92 Å². The van der Waals surface area contributed by atoms with E-state index < -0.39 is 0 Å². The standard InChI is InChI=1S/C25H24N4O2/c1-17-22(25(31)16-28-20-10-11-23(28)24(30)14-20)13-21(5-3-2-4-12-26)29(17)19-8-6-18(15-27)7-9-19/h6-9,13,20,23-24,30H,2,4,10-11,14,16H2,1H3/t20?,23?,24-/m1/s1. The molecule has 6 heteroatoms. The van der Waals surface area contributed by atoms with E-state index in [4.69, 9.17) is 10.5 Å². The monoisotopic (exact) mass is 412 g/mol. The average molecular weight is 412 g/mol. The highest BCUT2D eigenvalue weighted by Crippen LogP contribution is 2.37. The van der Waals surface area contributed by atoms with E-state index in [1.54, 1.807) is 12.1 Å². The van der Waals surface area contributed by atoms with Gasteiger partial charge in [-0.15, -0.1) is 0 Å². The van der Waals surface area contributed by atoms with Crippen molar-refractivity contribution in [3.8, 4) is 29.7 Å². The molecule has 1 aromatic carbocycles. The number of aromatic nitrogens is 1. The van der Waals surface area contributed by atoms with Crippen LogP contribution < -0.4 is 0 Å². The molecule has 6 nitrogen and oxygen atoms in total. The normalized spacial score (nSPS) is 21.9. The lowest BCUT2D eigenvalue weighted by molar-refractivity contribution is 0.0873. The number of benzene rings is 1. The van der Waals surface area contributed by atoms with Gasteiger partial charge in [-0.25, -0.2) is 0 Å². The molecule has 0 radical (unpaired) electrons. The molecule has 2 aliphatic rings. The first kappa shape index (κ1) is 20.9. The minimum Gasteiger partial charge on any atom is -0.391 e. The SMILES string of the molecule is Cc1c(C(=O)CN2C3CCC2[C@H](O)C3)cc(C#CCCC#N)n1-c1ccc(C#N)cc1.